The summed E-state index contributed by atoms with van der Waals surface area (Å²) in [4.78, 5) is 12.5. The van der Waals surface area contributed by atoms with Crippen LogP contribution in [0.25, 0.3) is 10.8 Å². The van der Waals surface area contributed by atoms with Crippen LogP contribution >= 0.6 is 0 Å². The lowest BCUT2D eigenvalue weighted by molar-refractivity contribution is -0.115. The van der Waals surface area contributed by atoms with Crippen LogP contribution in [0, 0.1) is 6.92 Å². The number of carbonyl (C=O) groups excluding carboxylic acids is 1. The van der Waals surface area contributed by atoms with Crippen molar-refractivity contribution in [2.45, 2.75) is 24.8 Å². The maximum absolute atomic E-state index is 12.4. The van der Waals surface area contributed by atoms with Crippen LogP contribution in [0.3, 0.4) is 0 Å². The van der Waals surface area contributed by atoms with Gasteiger partial charge < -0.3 is 10.6 Å². The minimum absolute atomic E-state index is 0.0231. The molecule has 29 heavy (non-hydrogen) atoms. The summed E-state index contributed by atoms with van der Waals surface area (Å²) in [7, 11) is -2.23. The van der Waals surface area contributed by atoms with Gasteiger partial charge in [0.15, 0.2) is 0 Å². The lowest BCUT2D eigenvalue weighted by atomic mass is 10.00. The van der Waals surface area contributed by atoms with Crippen LogP contribution in [0.15, 0.2) is 65.6 Å². The van der Waals surface area contributed by atoms with E-state index in [1.807, 2.05) is 31.2 Å². The molecule has 0 radical (unpaired) electrons. The smallest absolute Gasteiger partial charge is 0.240 e. The Bertz CT molecular complexity index is 1140. The monoisotopic (exact) mass is 411 g/mol. The van der Waals surface area contributed by atoms with Crippen molar-refractivity contribution >= 4 is 32.4 Å². The Hall–Kier alpha value is -2.74. The molecule has 0 spiro atoms. The molecule has 0 bridgehead atoms. The molecule has 0 saturated heterocycles. The lowest BCUT2D eigenvalue weighted by Gasteiger charge is -2.17. The Balaban J connectivity index is 1.68. The number of rotatable bonds is 7. The van der Waals surface area contributed by atoms with E-state index in [2.05, 4.69) is 33.6 Å². The highest BCUT2D eigenvalue weighted by atomic mass is 32.2. The fraction of sp³-hybridized carbons (Fsp3) is 0.227. The van der Waals surface area contributed by atoms with Gasteiger partial charge in [0, 0.05) is 11.7 Å². The second kappa shape index (κ2) is 8.73. The van der Waals surface area contributed by atoms with Crippen LogP contribution < -0.4 is 15.4 Å². The molecule has 0 aliphatic heterocycles. The van der Waals surface area contributed by atoms with Crippen LogP contribution in [0.2, 0.25) is 0 Å². The largest absolute Gasteiger partial charge is 0.325 e. The third-order valence-corrected chi connectivity index (χ3v) is 6.45. The molecular formula is C22H25N3O3S. The Morgan fingerprint density at radius 1 is 1.03 bits per heavy atom. The van der Waals surface area contributed by atoms with E-state index < -0.39 is 10.0 Å². The molecule has 3 aromatic rings. The summed E-state index contributed by atoms with van der Waals surface area (Å²) < 4.78 is 26.5. The first-order valence-electron chi connectivity index (χ1n) is 9.37. The third-order valence-electron chi connectivity index (χ3n) is 4.89. The summed E-state index contributed by atoms with van der Waals surface area (Å²) in [5.74, 6) is -0.242. The molecule has 3 rings (SSSR count). The summed E-state index contributed by atoms with van der Waals surface area (Å²) in [6, 6.07) is 19.1. The first kappa shape index (κ1) is 21.0. The van der Waals surface area contributed by atoms with Crippen LogP contribution in [-0.4, -0.2) is 27.9 Å². The zero-order valence-electron chi connectivity index (χ0n) is 16.7. The van der Waals surface area contributed by atoms with E-state index in [4.69, 9.17) is 0 Å². The first-order valence-corrected chi connectivity index (χ1v) is 10.9. The fourth-order valence-electron chi connectivity index (χ4n) is 3.27. The fourth-order valence-corrected chi connectivity index (χ4v) is 4.26. The van der Waals surface area contributed by atoms with Crippen LogP contribution in [-0.2, 0) is 14.8 Å². The molecule has 7 heteroatoms. The molecule has 0 unspecified atom stereocenters. The Kier molecular flexibility index (Phi) is 6.32. The minimum atomic E-state index is -3.59. The van der Waals surface area contributed by atoms with Gasteiger partial charge in [-0.05, 0) is 54.9 Å². The number of anilines is 1. The maximum Gasteiger partial charge on any atom is 0.240 e. The van der Waals surface area contributed by atoms with Gasteiger partial charge in [0.1, 0.15) is 0 Å². The average molecular weight is 412 g/mol. The van der Waals surface area contributed by atoms with Gasteiger partial charge in [0.05, 0.1) is 11.4 Å². The van der Waals surface area contributed by atoms with Crippen molar-refractivity contribution in [1.29, 1.82) is 0 Å². The first-order chi connectivity index (χ1) is 13.8. The number of nitrogens with one attached hydrogen (secondary N) is 3. The Labute approximate surface area is 171 Å². The summed E-state index contributed by atoms with van der Waals surface area (Å²) in [6.45, 7) is 3.83. The summed E-state index contributed by atoms with van der Waals surface area (Å²) in [6.07, 6.45) is 0. The molecule has 3 N–H and O–H groups in total. The van der Waals surface area contributed by atoms with Crippen molar-refractivity contribution in [3.63, 3.8) is 0 Å². The number of hydrogen-bond donors (Lipinski definition) is 3. The van der Waals surface area contributed by atoms with Gasteiger partial charge in [0.2, 0.25) is 15.9 Å². The highest BCUT2D eigenvalue weighted by Crippen LogP contribution is 2.24. The predicted molar refractivity (Wildman–Crippen MR) is 116 cm³/mol. The molecule has 0 aliphatic carbocycles. The van der Waals surface area contributed by atoms with E-state index in [0.717, 1.165) is 16.3 Å². The molecule has 0 aliphatic rings. The minimum Gasteiger partial charge on any atom is -0.325 e. The molecule has 1 amide bonds. The number of benzene rings is 3. The number of aryl methyl sites for hydroxylation is 1. The zero-order valence-corrected chi connectivity index (χ0v) is 17.5. The van der Waals surface area contributed by atoms with Crippen LogP contribution in [0.1, 0.15) is 24.1 Å². The van der Waals surface area contributed by atoms with Gasteiger partial charge in [-0.1, -0.05) is 48.5 Å². The van der Waals surface area contributed by atoms with Crippen molar-refractivity contribution in [3.05, 3.63) is 71.8 Å². The summed E-state index contributed by atoms with van der Waals surface area (Å²) >= 11 is 0. The third kappa shape index (κ3) is 4.82. The quantitative estimate of drug-likeness (QED) is 0.556. The molecule has 152 valence electrons. The van der Waals surface area contributed by atoms with Gasteiger partial charge in [-0.15, -0.1) is 0 Å². The average Bonchev–Trinajstić information content (AvgIpc) is 2.72. The predicted octanol–water partition coefficient (Wildman–Crippen LogP) is 3.35. The van der Waals surface area contributed by atoms with E-state index in [1.165, 1.54) is 13.1 Å². The summed E-state index contributed by atoms with van der Waals surface area (Å²) in [5.41, 5.74) is 2.17. The molecule has 0 saturated carbocycles. The molecule has 1 atom stereocenters. The number of sulfonamides is 1. The highest BCUT2D eigenvalue weighted by molar-refractivity contribution is 7.89. The number of fused-ring (bicyclic) bond motifs is 1. The van der Waals surface area contributed by atoms with Gasteiger partial charge in [-0.2, -0.15) is 0 Å². The molecule has 6 nitrogen and oxygen atoms in total. The van der Waals surface area contributed by atoms with Crippen molar-refractivity contribution in [1.82, 2.24) is 10.0 Å². The van der Waals surface area contributed by atoms with Crippen LogP contribution in [0.4, 0.5) is 5.69 Å². The van der Waals surface area contributed by atoms with E-state index in [0.29, 0.717) is 11.3 Å². The number of hydrogen-bond acceptors (Lipinski definition) is 4. The SMILES string of the molecule is CNS(=O)(=O)c1cc(NC(=O)CN[C@H](C)c2cccc3ccccc23)ccc1C. The normalized spacial score (nSPS) is 12.7. The van der Waals surface area contributed by atoms with Gasteiger partial charge in [0.25, 0.3) is 0 Å². The Morgan fingerprint density at radius 3 is 2.52 bits per heavy atom. The molecule has 0 fully saturated rings. The standard InChI is InChI=1S/C22H25N3O3S/c1-15-11-12-18(13-21(15)29(27,28)23-3)25-22(26)14-24-16(2)19-10-6-8-17-7-4-5-9-20(17)19/h4-13,16,23-24H,14H2,1-3H3,(H,25,26)/t16-/m1/s1. The lowest BCUT2D eigenvalue weighted by Crippen LogP contribution is -2.30. The Morgan fingerprint density at radius 2 is 1.76 bits per heavy atom. The second-order valence-electron chi connectivity index (χ2n) is 6.91. The maximum atomic E-state index is 12.4. The van der Waals surface area contributed by atoms with E-state index >= 15 is 0 Å². The molecule has 3 aromatic carbocycles. The second-order valence-corrected chi connectivity index (χ2v) is 8.76. The zero-order chi connectivity index (χ0) is 21.0. The van der Waals surface area contributed by atoms with Crippen molar-refractivity contribution in [3.8, 4) is 0 Å². The van der Waals surface area contributed by atoms with Crippen molar-refractivity contribution < 1.29 is 13.2 Å². The summed E-state index contributed by atoms with van der Waals surface area (Å²) in [5, 5.41) is 8.29. The number of amides is 1. The van der Waals surface area contributed by atoms with Crippen LogP contribution in [0.5, 0.6) is 0 Å². The van der Waals surface area contributed by atoms with Gasteiger partial charge >= 0.3 is 0 Å². The van der Waals surface area contributed by atoms with E-state index in [-0.39, 0.29) is 23.4 Å². The van der Waals surface area contributed by atoms with Gasteiger partial charge in [-0.25, -0.2) is 13.1 Å². The molecule has 0 heterocycles. The molecule has 0 aromatic heterocycles. The molecular weight excluding hydrogens is 386 g/mol. The van der Waals surface area contributed by atoms with E-state index in [9.17, 15) is 13.2 Å². The van der Waals surface area contributed by atoms with Crippen molar-refractivity contribution in [2.75, 3.05) is 18.9 Å². The highest BCUT2D eigenvalue weighted by Gasteiger charge is 2.16. The number of carbonyl (C=O) groups is 1. The topological polar surface area (TPSA) is 87.3 Å². The van der Waals surface area contributed by atoms with Gasteiger partial charge in [-0.3, -0.25) is 4.79 Å². The van der Waals surface area contributed by atoms with Crippen molar-refractivity contribution in [2.24, 2.45) is 0 Å². The van der Waals surface area contributed by atoms with E-state index in [1.54, 1.807) is 19.1 Å².